The van der Waals surface area contributed by atoms with Gasteiger partial charge in [0.25, 0.3) is 5.91 Å². The molecule has 0 spiro atoms. The van der Waals surface area contributed by atoms with Crippen LogP contribution in [-0.4, -0.2) is 17.5 Å². The standard InChI is InChI=1S/C20H16F2N2O3/c1-13-17(5-2-6-18(13)27-20(21)22)24-19(25)14-7-9-15(10-8-14)26-16-4-3-11-23-12-16/h2-12,20H,1H3,(H,24,25). The maximum absolute atomic E-state index is 12.4. The first-order valence-corrected chi connectivity index (χ1v) is 8.06. The van der Waals surface area contributed by atoms with E-state index in [1.165, 1.54) is 12.1 Å². The predicted molar refractivity (Wildman–Crippen MR) is 96.5 cm³/mol. The molecule has 0 aliphatic heterocycles. The van der Waals surface area contributed by atoms with Crippen LogP contribution in [0.25, 0.3) is 0 Å². The summed E-state index contributed by atoms with van der Waals surface area (Å²) in [7, 11) is 0. The van der Waals surface area contributed by atoms with E-state index in [9.17, 15) is 13.6 Å². The lowest BCUT2D eigenvalue weighted by atomic mass is 10.1. The van der Waals surface area contributed by atoms with Gasteiger partial charge in [-0.05, 0) is 55.5 Å². The van der Waals surface area contributed by atoms with E-state index >= 15 is 0 Å². The van der Waals surface area contributed by atoms with Gasteiger partial charge in [0.15, 0.2) is 0 Å². The summed E-state index contributed by atoms with van der Waals surface area (Å²) >= 11 is 0. The minimum absolute atomic E-state index is 0.0167. The van der Waals surface area contributed by atoms with Crippen molar-refractivity contribution in [2.75, 3.05) is 5.32 Å². The minimum Gasteiger partial charge on any atom is -0.456 e. The van der Waals surface area contributed by atoms with E-state index in [-0.39, 0.29) is 11.7 Å². The van der Waals surface area contributed by atoms with Crippen LogP contribution in [0.3, 0.4) is 0 Å². The molecule has 5 nitrogen and oxygen atoms in total. The summed E-state index contributed by atoms with van der Waals surface area (Å²) in [6.07, 6.45) is 3.22. The number of nitrogens with one attached hydrogen (secondary N) is 1. The Bertz CT molecular complexity index is 916. The first-order chi connectivity index (χ1) is 13.0. The molecule has 1 amide bonds. The second-order valence-electron chi connectivity index (χ2n) is 5.58. The zero-order valence-corrected chi connectivity index (χ0v) is 14.4. The zero-order chi connectivity index (χ0) is 19.2. The van der Waals surface area contributed by atoms with Gasteiger partial charge in [0.1, 0.15) is 17.2 Å². The normalized spacial score (nSPS) is 10.5. The quantitative estimate of drug-likeness (QED) is 0.661. The van der Waals surface area contributed by atoms with Gasteiger partial charge >= 0.3 is 6.61 Å². The highest BCUT2D eigenvalue weighted by molar-refractivity contribution is 6.04. The van der Waals surface area contributed by atoms with E-state index < -0.39 is 6.61 Å². The number of carbonyl (C=O) groups is 1. The molecule has 27 heavy (non-hydrogen) atoms. The van der Waals surface area contributed by atoms with Crippen molar-refractivity contribution in [3.05, 3.63) is 78.1 Å². The predicted octanol–water partition coefficient (Wildman–Crippen LogP) is 5.04. The van der Waals surface area contributed by atoms with Gasteiger partial charge < -0.3 is 14.8 Å². The highest BCUT2D eigenvalue weighted by Gasteiger charge is 2.13. The van der Waals surface area contributed by atoms with Crippen LogP contribution < -0.4 is 14.8 Å². The van der Waals surface area contributed by atoms with E-state index in [2.05, 4.69) is 15.0 Å². The monoisotopic (exact) mass is 370 g/mol. The highest BCUT2D eigenvalue weighted by Crippen LogP contribution is 2.27. The molecule has 0 bridgehead atoms. The van der Waals surface area contributed by atoms with Crippen molar-refractivity contribution in [1.29, 1.82) is 0 Å². The van der Waals surface area contributed by atoms with E-state index in [1.807, 2.05) is 0 Å². The van der Waals surface area contributed by atoms with Crippen molar-refractivity contribution in [2.24, 2.45) is 0 Å². The Morgan fingerprint density at radius 3 is 2.48 bits per heavy atom. The van der Waals surface area contributed by atoms with Crippen LogP contribution in [0, 0.1) is 6.92 Å². The number of halogens is 2. The summed E-state index contributed by atoms with van der Waals surface area (Å²) in [4.78, 5) is 16.4. The lowest BCUT2D eigenvalue weighted by Crippen LogP contribution is -2.13. The average molecular weight is 370 g/mol. The SMILES string of the molecule is Cc1c(NC(=O)c2ccc(Oc3cccnc3)cc2)cccc1OC(F)F. The zero-order valence-electron chi connectivity index (χ0n) is 14.4. The molecule has 1 aromatic heterocycles. The third-order valence-corrected chi connectivity index (χ3v) is 3.73. The van der Waals surface area contributed by atoms with E-state index in [0.29, 0.717) is 28.3 Å². The molecule has 0 fully saturated rings. The third-order valence-electron chi connectivity index (χ3n) is 3.73. The Hall–Kier alpha value is -3.48. The van der Waals surface area contributed by atoms with E-state index in [1.54, 1.807) is 61.8 Å². The van der Waals surface area contributed by atoms with Crippen molar-refractivity contribution in [1.82, 2.24) is 4.98 Å². The number of benzene rings is 2. The molecule has 0 unspecified atom stereocenters. The maximum Gasteiger partial charge on any atom is 0.387 e. The number of amides is 1. The van der Waals surface area contributed by atoms with Crippen LogP contribution in [0.5, 0.6) is 17.2 Å². The average Bonchev–Trinajstić information content (AvgIpc) is 2.66. The maximum atomic E-state index is 12.4. The number of ether oxygens (including phenoxy) is 2. The third kappa shape index (κ3) is 4.78. The number of nitrogens with zero attached hydrogens (tertiary/aromatic N) is 1. The van der Waals surface area contributed by atoms with E-state index in [4.69, 9.17) is 4.74 Å². The van der Waals surface area contributed by atoms with Crippen LogP contribution in [-0.2, 0) is 0 Å². The fraction of sp³-hybridized carbons (Fsp3) is 0.100. The van der Waals surface area contributed by atoms with Gasteiger partial charge in [0.05, 0.1) is 6.20 Å². The molecule has 7 heteroatoms. The van der Waals surface area contributed by atoms with Gasteiger partial charge in [-0.25, -0.2) is 0 Å². The summed E-state index contributed by atoms with van der Waals surface area (Å²) in [6.45, 7) is -1.33. The summed E-state index contributed by atoms with van der Waals surface area (Å²) in [6, 6.07) is 14.6. The van der Waals surface area contributed by atoms with Gasteiger partial charge in [0, 0.05) is 23.0 Å². The first-order valence-electron chi connectivity index (χ1n) is 8.06. The summed E-state index contributed by atoms with van der Waals surface area (Å²) in [5, 5.41) is 2.69. The van der Waals surface area contributed by atoms with Crippen molar-refractivity contribution in [3.8, 4) is 17.2 Å². The van der Waals surface area contributed by atoms with Gasteiger partial charge in [-0.2, -0.15) is 8.78 Å². The Balaban J connectivity index is 1.70. The Kier molecular flexibility index (Phi) is 5.61. The molecule has 0 aliphatic rings. The number of pyridine rings is 1. The molecule has 2 aromatic carbocycles. The molecule has 0 saturated carbocycles. The van der Waals surface area contributed by atoms with Crippen LogP contribution in [0.4, 0.5) is 14.5 Å². The first kappa shape index (κ1) is 18.3. The number of hydrogen-bond donors (Lipinski definition) is 1. The topological polar surface area (TPSA) is 60.5 Å². The molecule has 0 saturated heterocycles. The molecule has 3 rings (SSSR count). The molecule has 1 N–H and O–H groups in total. The number of rotatable bonds is 6. The second-order valence-corrected chi connectivity index (χ2v) is 5.58. The molecule has 0 atom stereocenters. The summed E-state index contributed by atoms with van der Waals surface area (Å²) < 4.78 is 34.9. The van der Waals surface area contributed by atoms with Crippen molar-refractivity contribution < 1.29 is 23.0 Å². The Labute approximate surface area is 154 Å². The molecule has 1 heterocycles. The lowest BCUT2D eigenvalue weighted by molar-refractivity contribution is -0.0502. The molecule has 3 aromatic rings. The number of anilines is 1. The molecule has 0 aliphatic carbocycles. The largest absolute Gasteiger partial charge is 0.456 e. The fourth-order valence-corrected chi connectivity index (χ4v) is 2.39. The minimum atomic E-state index is -2.93. The number of carbonyl (C=O) groups excluding carboxylic acids is 1. The van der Waals surface area contributed by atoms with Gasteiger partial charge in [-0.15, -0.1) is 0 Å². The summed E-state index contributed by atoms with van der Waals surface area (Å²) in [5.74, 6) is 0.785. The summed E-state index contributed by atoms with van der Waals surface area (Å²) in [5.41, 5.74) is 1.21. The van der Waals surface area contributed by atoms with Crippen molar-refractivity contribution in [2.45, 2.75) is 13.5 Å². The van der Waals surface area contributed by atoms with Crippen LogP contribution >= 0.6 is 0 Å². The van der Waals surface area contributed by atoms with Gasteiger partial charge in [-0.1, -0.05) is 6.07 Å². The van der Waals surface area contributed by atoms with Crippen LogP contribution in [0.2, 0.25) is 0 Å². The molecule has 138 valence electrons. The molecular weight excluding hydrogens is 354 g/mol. The van der Waals surface area contributed by atoms with Gasteiger partial charge in [-0.3, -0.25) is 9.78 Å². The molecule has 0 radical (unpaired) electrons. The van der Waals surface area contributed by atoms with Crippen molar-refractivity contribution >= 4 is 11.6 Å². The number of aromatic nitrogens is 1. The Morgan fingerprint density at radius 1 is 1.04 bits per heavy atom. The van der Waals surface area contributed by atoms with Crippen molar-refractivity contribution in [3.63, 3.8) is 0 Å². The molecular formula is C20H16F2N2O3. The van der Waals surface area contributed by atoms with E-state index in [0.717, 1.165) is 0 Å². The van der Waals surface area contributed by atoms with Crippen LogP contribution in [0.1, 0.15) is 15.9 Å². The fourth-order valence-electron chi connectivity index (χ4n) is 2.39. The number of hydrogen-bond acceptors (Lipinski definition) is 4. The smallest absolute Gasteiger partial charge is 0.387 e. The Morgan fingerprint density at radius 2 is 1.81 bits per heavy atom. The van der Waals surface area contributed by atoms with Crippen LogP contribution in [0.15, 0.2) is 67.0 Å². The number of alkyl halides is 2. The van der Waals surface area contributed by atoms with Gasteiger partial charge in [0.2, 0.25) is 0 Å². The second kappa shape index (κ2) is 8.27. The lowest BCUT2D eigenvalue weighted by Gasteiger charge is -2.13. The highest BCUT2D eigenvalue weighted by atomic mass is 19.3.